The quantitative estimate of drug-likeness (QED) is 0.781. The van der Waals surface area contributed by atoms with Crippen LogP contribution in [0.4, 0.5) is 11.5 Å². The second-order valence-corrected chi connectivity index (χ2v) is 4.63. The molecule has 3 N–H and O–H groups in total. The molecule has 6 nitrogen and oxygen atoms in total. The lowest BCUT2D eigenvalue weighted by atomic mass is 10.0. The van der Waals surface area contributed by atoms with E-state index in [9.17, 15) is 4.79 Å². The van der Waals surface area contributed by atoms with E-state index < -0.39 is 5.97 Å². The van der Waals surface area contributed by atoms with Crippen molar-refractivity contribution in [3.63, 3.8) is 0 Å². The van der Waals surface area contributed by atoms with Crippen molar-refractivity contribution in [1.82, 2.24) is 4.98 Å². The lowest BCUT2D eigenvalue weighted by Gasteiger charge is -2.25. The molecule has 0 spiro atoms. The van der Waals surface area contributed by atoms with Gasteiger partial charge in [-0.25, -0.2) is 9.78 Å². The van der Waals surface area contributed by atoms with E-state index in [0.29, 0.717) is 24.5 Å². The monoisotopic (exact) mass is 251 g/mol. The summed E-state index contributed by atoms with van der Waals surface area (Å²) in [4.78, 5) is 15.7. The highest BCUT2D eigenvalue weighted by Gasteiger charge is 2.30. The first-order valence-electron chi connectivity index (χ1n) is 5.74. The highest BCUT2D eigenvalue weighted by atomic mass is 16.5. The van der Waals surface area contributed by atoms with Crippen LogP contribution >= 0.6 is 0 Å². The normalized spacial score (nSPS) is 22.8. The van der Waals surface area contributed by atoms with Gasteiger partial charge in [-0.2, -0.15) is 0 Å². The summed E-state index contributed by atoms with van der Waals surface area (Å²) in [5, 5.41) is 3.28. The van der Waals surface area contributed by atoms with Gasteiger partial charge in [0.05, 0.1) is 36.7 Å². The van der Waals surface area contributed by atoms with Gasteiger partial charge in [-0.1, -0.05) is 0 Å². The van der Waals surface area contributed by atoms with Crippen molar-refractivity contribution in [2.24, 2.45) is 0 Å². The molecule has 1 atom stereocenters. The summed E-state index contributed by atoms with van der Waals surface area (Å²) < 4.78 is 10.1. The number of nitrogens with two attached hydrogens (primary N) is 1. The Bertz CT molecular complexity index is 456. The van der Waals surface area contributed by atoms with Crippen LogP contribution in [0.2, 0.25) is 0 Å². The molecule has 98 valence electrons. The predicted octanol–water partition coefficient (Wildman–Crippen LogP) is 1.04. The summed E-state index contributed by atoms with van der Waals surface area (Å²) >= 11 is 0. The molecule has 0 radical (unpaired) electrons. The van der Waals surface area contributed by atoms with E-state index in [1.807, 2.05) is 6.92 Å². The fraction of sp³-hybridized carbons (Fsp3) is 0.500. The van der Waals surface area contributed by atoms with Crippen LogP contribution in [0.1, 0.15) is 23.7 Å². The Labute approximate surface area is 105 Å². The molecule has 1 fully saturated rings. The molecule has 1 aromatic heterocycles. The number of methoxy groups -OCH3 is 1. The standard InChI is InChI=1S/C12H17N3O3/c1-12(3-4-18-7-12)15-9-6-14-10(13)5-8(9)11(16)17-2/h5-6,15H,3-4,7H2,1-2H3,(H2,13,14). The topological polar surface area (TPSA) is 86.5 Å². The number of carbonyl (C=O) groups is 1. The zero-order chi connectivity index (χ0) is 13.2. The van der Waals surface area contributed by atoms with E-state index in [-0.39, 0.29) is 11.4 Å². The molecular formula is C12H17N3O3. The van der Waals surface area contributed by atoms with E-state index >= 15 is 0 Å². The molecule has 0 amide bonds. The molecule has 2 heterocycles. The molecule has 18 heavy (non-hydrogen) atoms. The smallest absolute Gasteiger partial charge is 0.340 e. The Morgan fingerprint density at radius 3 is 3.06 bits per heavy atom. The molecule has 2 rings (SSSR count). The zero-order valence-corrected chi connectivity index (χ0v) is 10.5. The van der Waals surface area contributed by atoms with Crippen molar-refractivity contribution < 1.29 is 14.3 Å². The third kappa shape index (κ3) is 2.53. The predicted molar refractivity (Wildman–Crippen MR) is 67.5 cm³/mol. The number of esters is 1. The number of nitrogens with zero attached hydrogens (tertiary/aromatic N) is 1. The zero-order valence-electron chi connectivity index (χ0n) is 10.5. The van der Waals surface area contributed by atoms with Crippen LogP contribution in [-0.2, 0) is 9.47 Å². The van der Waals surface area contributed by atoms with E-state index in [2.05, 4.69) is 10.3 Å². The molecule has 1 aliphatic heterocycles. The van der Waals surface area contributed by atoms with Crippen LogP contribution in [0, 0.1) is 0 Å². The summed E-state index contributed by atoms with van der Waals surface area (Å²) in [6, 6.07) is 1.51. The number of nitrogens with one attached hydrogen (secondary N) is 1. The SMILES string of the molecule is COC(=O)c1cc(N)ncc1NC1(C)CCOC1. The maximum atomic E-state index is 11.7. The minimum Gasteiger partial charge on any atom is -0.465 e. The van der Waals surface area contributed by atoms with Crippen LogP contribution in [0.3, 0.4) is 0 Å². The number of carbonyl (C=O) groups excluding carboxylic acids is 1. The number of nitrogen functional groups attached to an aromatic ring is 1. The van der Waals surface area contributed by atoms with E-state index in [1.54, 1.807) is 6.20 Å². The van der Waals surface area contributed by atoms with Crippen LogP contribution in [0.25, 0.3) is 0 Å². The average Bonchev–Trinajstić information content (AvgIpc) is 2.77. The number of hydrogen-bond donors (Lipinski definition) is 2. The summed E-state index contributed by atoms with van der Waals surface area (Å²) in [5.74, 6) is -0.150. The first-order chi connectivity index (χ1) is 8.54. The molecule has 1 unspecified atom stereocenters. The summed E-state index contributed by atoms with van der Waals surface area (Å²) in [6.45, 7) is 3.34. The molecule has 0 saturated carbocycles. The van der Waals surface area contributed by atoms with Gasteiger partial charge >= 0.3 is 5.97 Å². The number of rotatable bonds is 3. The number of pyridine rings is 1. The van der Waals surface area contributed by atoms with E-state index in [0.717, 1.165) is 6.42 Å². The molecule has 1 aliphatic rings. The molecule has 0 bridgehead atoms. The third-order valence-corrected chi connectivity index (χ3v) is 2.99. The summed E-state index contributed by atoms with van der Waals surface area (Å²) in [6.07, 6.45) is 2.42. The fourth-order valence-electron chi connectivity index (χ4n) is 1.94. The maximum Gasteiger partial charge on any atom is 0.340 e. The van der Waals surface area contributed by atoms with Crippen molar-refractivity contribution in [2.45, 2.75) is 18.9 Å². The first kappa shape index (κ1) is 12.6. The Morgan fingerprint density at radius 2 is 2.44 bits per heavy atom. The van der Waals surface area contributed by atoms with E-state index in [4.69, 9.17) is 15.2 Å². The van der Waals surface area contributed by atoms with Gasteiger partial charge in [-0.3, -0.25) is 0 Å². The maximum absolute atomic E-state index is 11.7. The Morgan fingerprint density at radius 1 is 1.67 bits per heavy atom. The molecule has 0 aliphatic carbocycles. The van der Waals surface area contributed by atoms with Crippen molar-refractivity contribution in [3.05, 3.63) is 17.8 Å². The number of aromatic nitrogens is 1. The Kier molecular flexibility index (Phi) is 3.38. The lowest BCUT2D eigenvalue weighted by Crippen LogP contribution is -2.35. The first-order valence-corrected chi connectivity index (χ1v) is 5.74. The fourth-order valence-corrected chi connectivity index (χ4v) is 1.94. The van der Waals surface area contributed by atoms with Crippen LogP contribution in [-0.4, -0.2) is 36.8 Å². The van der Waals surface area contributed by atoms with Crippen molar-refractivity contribution in [3.8, 4) is 0 Å². The Hall–Kier alpha value is -1.82. The van der Waals surface area contributed by atoms with Gasteiger partial charge < -0.3 is 20.5 Å². The van der Waals surface area contributed by atoms with Gasteiger partial charge in [0.2, 0.25) is 0 Å². The highest BCUT2D eigenvalue weighted by Crippen LogP contribution is 2.26. The van der Waals surface area contributed by atoms with Crippen LogP contribution < -0.4 is 11.1 Å². The van der Waals surface area contributed by atoms with Gasteiger partial charge in [0.15, 0.2) is 0 Å². The average molecular weight is 251 g/mol. The molecule has 1 aromatic rings. The number of hydrogen-bond acceptors (Lipinski definition) is 6. The number of anilines is 2. The summed E-state index contributed by atoms with van der Waals surface area (Å²) in [5.41, 5.74) is 6.40. The Balaban J connectivity index is 2.29. The van der Waals surface area contributed by atoms with Crippen LogP contribution in [0.15, 0.2) is 12.3 Å². The van der Waals surface area contributed by atoms with Crippen molar-refractivity contribution >= 4 is 17.5 Å². The second kappa shape index (κ2) is 4.81. The number of ether oxygens (including phenoxy) is 2. The minimum atomic E-state index is -0.436. The molecular weight excluding hydrogens is 234 g/mol. The van der Waals surface area contributed by atoms with Gasteiger partial charge in [0.1, 0.15) is 5.82 Å². The molecule has 0 aromatic carbocycles. The van der Waals surface area contributed by atoms with Gasteiger partial charge in [0, 0.05) is 6.61 Å². The molecule has 6 heteroatoms. The van der Waals surface area contributed by atoms with Gasteiger partial charge in [-0.05, 0) is 19.4 Å². The van der Waals surface area contributed by atoms with Crippen molar-refractivity contribution in [1.29, 1.82) is 0 Å². The lowest BCUT2D eigenvalue weighted by molar-refractivity contribution is 0.0601. The molecule has 1 saturated heterocycles. The second-order valence-electron chi connectivity index (χ2n) is 4.63. The van der Waals surface area contributed by atoms with Crippen LogP contribution in [0.5, 0.6) is 0 Å². The third-order valence-electron chi connectivity index (χ3n) is 2.99. The highest BCUT2D eigenvalue weighted by molar-refractivity contribution is 5.96. The van der Waals surface area contributed by atoms with Crippen molar-refractivity contribution in [2.75, 3.05) is 31.4 Å². The van der Waals surface area contributed by atoms with E-state index in [1.165, 1.54) is 13.2 Å². The largest absolute Gasteiger partial charge is 0.465 e. The summed E-state index contributed by atoms with van der Waals surface area (Å²) in [7, 11) is 1.34. The minimum absolute atomic E-state index is 0.194. The van der Waals surface area contributed by atoms with Gasteiger partial charge in [-0.15, -0.1) is 0 Å². The van der Waals surface area contributed by atoms with Gasteiger partial charge in [0.25, 0.3) is 0 Å².